The van der Waals surface area contributed by atoms with Gasteiger partial charge in [-0.2, -0.15) is 5.26 Å². The number of piperidine rings is 1. The maximum absolute atomic E-state index is 13.7. The molecule has 1 aliphatic heterocycles. The summed E-state index contributed by atoms with van der Waals surface area (Å²) in [6, 6.07) is 9.04. The Morgan fingerprint density at radius 1 is 1.30 bits per heavy atom. The Morgan fingerprint density at radius 2 is 2.05 bits per heavy atom. The summed E-state index contributed by atoms with van der Waals surface area (Å²) in [5.74, 6) is -0.204. The van der Waals surface area contributed by atoms with Crippen molar-refractivity contribution in [3.8, 4) is 6.07 Å². The molecular weight excluding hydrogens is 494 g/mol. The molecule has 0 unspecified atom stereocenters. The van der Waals surface area contributed by atoms with Crippen molar-refractivity contribution in [2.24, 2.45) is 0 Å². The lowest BCUT2D eigenvalue weighted by molar-refractivity contribution is 0.0498. The van der Waals surface area contributed by atoms with Gasteiger partial charge in [-0.15, -0.1) is 11.3 Å². The number of ether oxygens (including phenoxy) is 2. The van der Waals surface area contributed by atoms with Crippen molar-refractivity contribution in [3.05, 3.63) is 56.7 Å². The third-order valence-corrected chi connectivity index (χ3v) is 6.91. The van der Waals surface area contributed by atoms with Crippen molar-refractivity contribution in [1.29, 1.82) is 5.26 Å². The lowest BCUT2D eigenvalue weighted by Crippen LogP contribution is -2.50. The summed E-state index contributed by atoms with van der Waals surface area (Å²) < 4.78 is 12.2. The van der Waals surface area contributed by atoms with Gasteiger partial charge >= 0.3 is 12.1 Å². The molecule has 0 radical (unpaired) electrons. The molecule has 1 amide bonds. The first-order chi connectivity index (χ1) is 17.6. The molecule has 1 fully saturated rings. The number of nitrogens with zero attached hydrogens (tertiary/aromatic N) is 4. The van der Waals surface area contributed by atoms with Crippen LogP contribution < -0.4 is 15.8 Å². The zero-order valence-electron chi connectivity index (χ0n) is 21.2. The zero-order valence-corrected chi connectivity index (χ0v) is 22.1. The first-order valence-corrected chi connectivity index (χ1v) is 12.8. The minimum absolute atomic E-state index is 0.132. The monoisotopic (exact) mass is 523 g/mol. The van der Waals surface area contributed by atoms with Gasteiger partial charge in [0.15, 0.2) is 0 Å². The summed E-state index contributed by atoms with van der Waals surface area (Å²) in [5.41, 5.74) is 0.720. The van der Waals surface area contributed by atoms with Crippen LogP contribution in [0.25, 0.3) is 10.2 Å². The van der Waals surface area contributed by atoms with Crippen molar-refractivity contribution in [2.45, 2.75) is 51.8 Å². The van der Waals surface area contributed by atoms with Crippen LogP contribution in [0.4, 0.5) is 10.7 Å². The fourth-order valence-corrected chi connectivity index (χ4v) is 5.24. The molecular formula is C26H29N5O5S. The Hall–Kier alpha value is -3.91. The van der Waals surface area contributed by atoms with Gasteiger partial charge in [0.05, 0.1) is 30.9 Å². The lowest BCUT2D eigenvalue weighted by atomic mass is 10.1. The van der Waals surface area contributed by atoms with Crippen LogP contribution >= 0.6 is 11.3 Å². The van der Waals surface area contributed by atoms with Crippen molar-refractivity contribution in [1.82, 2.24) is 14.9 Å². The van der Waals surface area contributed by atoms with Crippen LogP contribution in [0.1, 0.15) is 55.1 Å². The van der Waals surface area contributed by atoms with E-state index >= 15 is 0 Å². The lowest BCUT2D eigenvalue weighted by Gasteiger charge is -2.35. The average Bonchev–Trinajstić information content (AvgIpc) is 3.28. The molecule has 37 heavy (non-hydrogen) atoms. The summed E-state index contributed by atoms with van der Waals surface area (Å²) in [4.78, 5) is 45.2. The van der Waals surface area contributed by atoms with Gasteiger partial charge in [0.2, 0.25) is 5.95 Å². The standard InChI is InChI=1S/C26H29N5O5S/c1-26(2,3)36-25(34)28-18-10-7-11-30(14-18)24-29-20-19(23(33)35-4)15-37-21(20)22(32)31(24)13-17-9-6-5-8-16(17)12-27/h5-6,8-9,15,18H,7,10-11,13-14H2,1-4H3,(H,28,34)/t18-/m1/s1. The number of thiophene rings is 1. The molecule has 3 heterocycles. The minimum Gasteiger partial charge on any atom is -0.465 e. The highest BCUT2D eigenvalue weighted by Crippen LogP contribution is 2.27. The van der Waals surface area contributed by atoms with Gasteiger partial charge in [0.25, 0.3) is 5.56 Å². The molecule has 1 aromatic carbocycles. The molecule has 1 saturated heterocycles. The number of carbonyl (C=O) groups is 2. The molecule has 10 nitrogen and oxygen atoms in total. The Morgan fingerprint density at radius 3 is 2.76 bits per heavy atom. The van der Waals surface area contributed by atoms with Gasteiger partial charge in [-0.3, -0.25) is 9.36 Å². The molecule has 194 valence electrons. The van der Waals surface area contributed by atoms with E-state index < -0.39 is 17.7 Å². The Bertz CT molecular complexity index is 1430. The third-order valence-electron chi connectivity index (χ3n) is 5.95. The second-order valence-corrected chi connectivity index (χ2v) is 10.7. The molecule has 4 rings (SSSR count). The van der Waals surface area contributed by atoms with Gasteiger partial charge in [-0.05, 0) is 45.2 Å². The van der Waals surface area contributed by atoms with E-state index in [-0.39, 0.29) is 29.2 Å². The molecule has 1 atom stereocenters. The number of hydrogen-bond acceptors (Lipinski definition) is 9. The van der Waals surface area contributed by atoms with Crippen LogP contribution in [-0.4, -0.2) is 53.5 Å². The zero-order chi connectivity index (χ0) is 26.7. The number of rotatable bonds is 5. The SMILES string of the molecule is COC(=O)c1csc2c(=O)n(Cc3ccccc3C#N)c(N3CCC[C@@H](NC(=O)OC(C)(C)C)C3)nc12. The number of methoxy groups -OCH3 is 1. The smallest absolute Gasteiger partial charge is 0.407 e. The number of fused-ring (bicyclic) bond motifs is 1. The number of nitriles is 1. The number of carbonyl (C=O) groups excluding carboxylic acids is 2. The van der Waals surface area contributed by atoms with E-state index in [2.05, 4.69) is 11.4 Å². The van der Waals surface area contributed by atoms with Crippen LogP contribution in [-0.2, 0) is 16.0 Å². The van der Waals surface area contributed by atoms with Crippen LogP contribution in [0.2, 0.25) is 0 Å². The van der Waals surface area contributed by atoms with Crippen molar-refractivity contribution < 1.29 is 19.1 Å². The molecule has 11 heteroatoms. The van der Waals surface area contributed by atoms with E-state index in [9.17, 15) is 19.6 Å². The van der Waals surface area contributed by atoms with Gasteiger partial charge in [0, 0.05) is 24.5 Å². The summed E-state index contributed by atoms with van der Waals surface area (Å²) in [5, 5.41) is 14.1. The predicted molar refractivity (Wildman–Crippen MR) is 140 cm³/mol. The van der Waals surface area contributed by atoms with Gasteiger partial charge in [0.1, 0.15) is 15.8 Å². The van der Waals surface area contributed by atoms with E-state index in [0.29, 0.717) is 34.9 Å². The minimum atomic E-state index is -0.622. The van der Waals surface area contributed by atoms with Crippen LogP contribution in [0.5, 0.6) is 0 Å². The van der Waals surface area contributed by atoms with Gasteiger partial charge in [-0.25, -0.2) is 14.6 Å². The van der Waals surface area contributed by atoms with Gasteiger partial charge in [-0.1, -0.05) is 18.2 Å². The topological polar surface area (TPSA) is 127 Å². The fraction of sp³-hybridized carbons (Fsp3) is 0.423. The second-order valence-electron chi connectivity index (χ2n) is 9.82. The maximum Gasteiger partial charge on any atom is 0.407 e. The van der Waals surface area contributed by atoms with Gasteiger partial charge < -0.3 is 19.7 Å². The van der Waals surface area contributed by atoms with E-state index in [1.165, 1.54) is 11.7 Å². The molecule has 1 aliphatic rings. The van der Waals surface area contributed by atoms with Crippen molar-refractivity contribution >= 4 is 39.6 Å². The molecule has 0 bridgehead atoms. The molecule has 0 aliphatic carbocycles. The van der Waals surface area contributed by atoms with E-state index in [4.69, 9.17) is 14.5 Å². The van der Waals surface area contributed by atoms with Crippen LogP contribution in [0, 0.1) is 11.3 Å². The van der Waals surface area contributed by atoms with Crippen molar-refractivity contribution in [2.75, 3.05) is 25.1 Å². The fourth-order valence-electron chi connectivity index (χ4n) is 4.32. The largest absolute Gasteiger partial charge is 0.465 e. The third kappa shape index (κ3) is 5.75. The number of aromatic nitrogens is 2. The average molecular weight is 524 g/mol. The number of hydrogen-bond donors (Lipinski definition) is 1. The Labute approximate surface area is 218 Å². The number of amides is 1. The number of esters is 1. The Kier molecular flexibility index (Phi) is 7.50. The number of alkyl carbamates (subject to hydrolysis) is 1. The maximum atomic E-state index is 13.7. The van der Waals surface area contributed by atoms with Crippen LogP contribution in [0.3, 0.4) is 0 Å². The van der Waals surface area contributed by atoms with E-state index in [1.54, 1.807) is 44.4 Å². The quantitative estimate of drug-likeness (QED) is 0.502. The molecule has 0 spiro atoms. The van der Waals surface area contributed by atoms with Crippen molar-refractivity contribution in [3.63, 3.8) is 0 Å². The highest BCUT2D eigenvalue weighted by molar-refractivity contribution is 7.17. The highest BCUT2D eigenvalue weighted by atomic mass is 32.1. The molecule has 3 aromatic rings. The summed E-state index contributed by atoms with van der Waals surface area (Å²) in [6.45, 7) is 6.53. The molecule has 1 N–H and O–H groups in total. The normalized spacial score (nSPS) is 15.8. The molecule has 0 saturated carbocycles. The predicted octanol–water partition coefficient (Wildman–Crippen LogP) is 3.66. The first kappa shape index (κ1) is 26.2. The van der Waals surface area contributed by atoms with Crippen LogP contribution in [0.15, 0.2) is 34.4 Å². The summed E-state index contributed by atoms with van der Waals surface area (Å²) in [6.07, 6.45) is 0.982. The summed E-state index contributed by atoms with van der Waals surface area (Å²) in [7, 11) is 1.28. The summed E-state index contributed by atoms with van der Waals surface area (Å²) >= 11 is 1.13. The number of nitrogens with one attached hydrogen (secondary N) is 1. The first-order valence-electron chi connectivity index (χ1n) is 11.9. The second kappa shape index (κ2) is 10.6. The number of anilines is 1. The van der Waals surface area contributed by atoms with E-state index in [1.807, 2.05) is 11.0 Å². The van der Waals surface area contributed by atoms with E-state index in [0.717, 1.165) is 24.2 Å². The Balaban J connectivity index is 1.76. The number of benzene rings is 1. The molecule has 2 aromatic heterocycles. The highest BCUT2D eigenvalue weighted by Gasteiger charge is 2.29.